The number of rotatable bonds is 4. The van der Waals surface area contributed by atoms with Crippen LogP contribution in [0.4, 0.5) is 0 Å². The zero-order valence-corrected chi connectivity index (χ0v) is 11.2. The van der Waals surface area contributed by atoms with Gasteiger partial charge in [-0.3, -0.25) is 4.90 Å². The van der Waals surface area contributed by atoms with E-state index in [9.17, 15) is 0 Å². The normalized spacial score (nSPS) is 22.5. The lowest BCUT2D eigenvalue weighted by Crippen LogP contribution is -2.45. The Bertz CT molecular complexity index is 329. The van der Waals surface area contributed by atoms with Gasteiger partial charge in [0.1, 0.15) is 0 Å². The molecule has 1 aliphatic heterocycles. The highest BCUT2D eigenvalue weighted by molar-refractivity contribution is 7.11. The number of thiophene rings is 1. The Kier molecular flexibility index (Phi) is 4.65. The molecule has 4 heteroatoms. The van der Waals surface area contributed by atoms with Crippen molar-refractivity contribution in [3.05, 3.63) is 21.9 Å². The summed E-state index contributed by atoms with van der Waals surface area (Å²) in [5.41, 5.74) is 0. The van der Waals surface area contributed by atoms with E-state index in [-0.39, 0.29) is 0 Å². The third kappa shape index (κ3) is 2.98. The molecule has 1 atom stereocenters. The van der Waals surface area contributed by atoms with Gasteiger partial charge in [0, 0.05) is 34.8 Å². The molecule has 0 aliphatic carbocycles. The van der Waals surface area contributed by atoms with Crippen LogP contribution in [-0.4, -0.2) is 36.6 Å². The standard InChI is InChI=1S/C12H18ClNOS/c1-2-11-3-4-12(16-11)8-14-5-6-15-9-10(14)7-13/h3-4,10H,2,5-9H2,1H3. The molecule has 1 aliphatic rings. The third-order valence-corrected chi connectivity index (χ3v) is 4.52. The predicted octanol–water partition coefficient (Wildman–Crippen LogP) is 2.75. The number of morpholine rings is 1. The average molecular weight is 260 g/mol. The molecule has 0 aromatic carbocycles. The molecular weight excluding hydrogens is 242 g/mol. The van der Waals surface area contributed by atoms with E-state index >= 15 is 0 Å². The molecule has 2 nitrogen and oxygen atoms in total. The Balaban J connectivity index is 1.96. The first kappa shape index (κ1) is 12.4. The van der Waals surface area contributed by atoms with E-state index < -0.39 is 0 Å². The first-order chi connectivity index (χ1) is 7.83. The van der Waals surface area contributed by atoms with E-state index in [1.54, 1.807) is 0 Å². The van der Waals surface area contributed by atoms with Crippen LogP contribution in [0.5, 0.6) is 0 Å². The largest absolute Gasteiger partial charge is 0.378 e. The average Bonchev–Trinajstić information content (AvgIpc) is 2.77. The summed E-state index contributed by atoms with van der Waals surface area (Å²) in [5, 5.41) is 0. The molecule has 16 heavy (non-hydrogen) atoms. The van der Waals surface area contributed by atoms with Crippen LogP contribution in [0.25, 0.3) is 0 Å². The van der Waals surface area contributed by atoms with E-state index in [0.29, 0.717) is 11.9 Å². The summed E-state index contributed by atoms with van der Waals surface area (Å²) in [7, 11) is 0. The minimum absolute atomic E-state index is 0.377. The predicted molar refractivity (Wildman–Crippen MR) is 69.4 cm³/mol. The van der Waals surface area contributed by atoms with Crippen molar-refractivity contribution < 1.29 is 4.74 Å². The van der Waals surface area contributed by atoms with Crippen LogP contribution < -0.4 is 0 Å². The van der Waals surface area contributed by atoms with Gasteiger partial charge in [0.05, 0.1) is 13.2 Å². The molecular formula is C12H18ClNOS. The highest BCUT2D eigenvalue weighted by Crippen LogP contribution is 2.21. The Morgan fingerprint density at radius 3 is 3.00 bits per heavy atom. The van der Waals surface area contributed by atoms with Gasteiger partial charge in [-0.1, -0.05) is 6.92 Å². The molecule has 0 amide bonds. The van der Waals surface area contributed by atoms with Crippen molar-refractivity contribution in [2.75, 3.05) is 25.6 Å². The monoisotopic (exact) mass is 259 g/mol. The molecule has 0 N–H and O–H groups in total. The quantitative estimate of drug-likeness (QED) is 0.771. The second kappa shape index (κ2) is 6.01. The Morgan fingerprint density at radius 2 is 2.31 bits per heavy atom. The van der Waals surface area contributed by atoms with Gasteiger partial charge in [-0.25, -0.2) is 0 Å². The number of ether oxygens (including phenoxy) is 1. The SMILES string of the molecule is CCc1ccc(CN2CCOCC2CCl)s1. The number of nitrogens with zero attached hydrogens (tertiary/aromatic N) is 1. The van der Waals surface area contributed by atoms with E-state index in [4.69, 9.17) is 16.3 Å². The van der Waals surface area contributed by atoms with Gasteiger partial charge < -0.3 is 4.74 Å². The number of hydrogen-bond donors (Lipinski definition) is 0. The lowest BCUT2D eigenvalue weighted by atomic mass is 10.2. The highest BCUT2D eigenvalue weighted by Gasteiger charge is 2.22. The molecule has 0 radical (unpaired) electrons. The van der Waals surface area contributed by atoms with Gasteiger partial charge in [-0.15, -0.1) is 22.9 Å². The lowest BCUT2D eigenvalue weighted by Gasteiger charge is -2.33. The summed E-state index contributed by atoms with van der Waals surface area (Å²) in [5.74, 6) is 0.659. The van der Waals surface area contributed by atoms with Crippen LogP contribution in [-0.2, 0) is 17.7 Å². The van der Waals surface area contributed by atoms with Crippen LogP contribution in [0.2, 0.25) is 0 Å². The molecule has 0 spiro atoms. The molecule has 1 unspecified atom stereocenters. The maximum atomic E-state index is 5.96. The molecule has 0 saturated carbocycles. The molecule has 2 heterocycles. The number of hydrogen-bond acceptors (Lipinski definition) is 3. The van der Waals surface area contributed by atoms with Gasteiger partial charge in [0.2, 0.25) is 0 Å². The summed E-state index contributed by atoms with van der Waals surface area (Å²) >= 11 is 7.87. The first-order valence-electron chi connectivity index (χ1n) is 5.78. The molecule has 1 aromatic heterocycles. The van der Waals surface area contributed by atoms with Crippen molar-refractivity contribution in [3.8, 4) is 0 Å². The molecule has 1 saturated heterocycles. The Hall–Kier alpha value is -0.0900. The maximum absolute atomic E-state index is 5.96. The molecule has 90 valence electrons. The van der Waals surface area contributed by atoms with Crippen molar-refractivity contribution in [1.82, 2.24) is 4.90 Å². The van der Waals surface area contributed by atoms with Crippen molar-refractivity contribution in [2.24, 2.45) is 0 Å². The van der Waals surface area contributed by atoms with Gasteiger partial charge >= 0.3 is 0 Å². The fraction of sp³-hybridized carbons (Fsp3) is 0.667. The second-order valence-corrected chi connectivity index (χ2v) is 5.64. The number of alkyl halides is 1. The summed E-state index contributed by atoms with van der Waals surface area (Å²) in [6, 6.07) is 4.85. The molecule has 1 aromatic rings. The van der Waals surface area contributed by atoms with E-state index in [1.807, 2.05) is 11.3 Å². The van der Waals surface area contributed by atoms with Crippen molar-refractivity contribution >= 4 is 22.9 Å². The minimum Gasteiger partial charge on any atom is -0.378 e. The van der Waals surface area contributed by atoms with Crippen molar-refractivity contribution in [1.29, 1.82) is 0 Å². The van der Waals surface area contributed by atoms with E-state index in [0.717, 1.165) is 32.7 Å². The van der Waals surface area contributed by atoms with Gasteiger partial charge in [-0.2, -0.15) is 0 Å². The van der Waals surface area contributed by atoms with Gasteiger partial charge in [0.15, 0.2) is 0 Å². The topological polar surface area (TPSA) is 12.5 Å². The van der Waals surface area contributed by atoms with Crippen molar-refractivity contribution in [3.63, 3.8) is 0 Å². The van der Waals surface area contributed by atoms with Crippen LogP contribution in [0.3, 0.4) is 0 Å². The highest BCUT2D eigenvalue weighted by atomic mass is 35.5. The minimum atomic E-state index is 0.377. The van der Waals surface area contributed by atoms with Gasteiger partial charge in [0.25, 0.3) is 0 Å². The van der Waals surface area contributed by atoms with E-state index in [1.165, 1.54) is 9.75 Å². The van der Waals surface area contributed by atoms with Crippen molar-refractivity contribution in [2.45, 2.75) is 25.9 Å². The zero-order chi connectivity index (χ0) is 11.4. The lowest BCUT2D eigenvalue weighted by molar-refractivity contribution is -0.00258. The first-order valence-corrected chi connectivity index (χ1v) is 7.14. The number of halogens is 1. The van der Waals surface area contributed by atoms with Crippen LogP contribution in [0, 0.1) is 0 Å². The molecule has 2 rings (SSSR count). The summed E-state index contributed by atoms with van der Waals surface area (Å²) < 4.78 is 5.44. The third-order valence-electron chi connectivity index (χ3n) is 2.95. The summed E-state index contributed by atoms with van der Waals surface area (Å²) in [6.45, 7) is 5.82. The Labute approximate surface area is 106 Å². The van der Waals surface area contributed by atoms with Crippen LogP contribution in [0.1, 0.15) is 16.7 Å². The molecule has 1 fully saturated rings. The molecule has 0 bridgehead atoms. The Morgan fingerprint density at radius 1 is 1.50 bits per heavy atom. The fourth-order valence-corrected chi connectivity index (χ4v) is 3.20. The fourth-order valence-electron chi connectivity index (χ4n) is 1.94. The van der Waals surface area contributed by atoms with Crippen LogP contribution >= 0.6 is 22.9 Å². The summed E-state index contributed by atoms with van der Waals surface area (Å²) in [4.78, 5) is 5.33. The van der Waals surface area contributed by atoms with Crippen LogP contribution in [0.15, 0.2) is 12.1 Å². The number of aryl methyl sites for hydroxylation is 1. The second-order valence-electron chi connectivity index (χ2n) is 4.08. The summed E-state index contributed by atoms with van der Waals surface area (Å²) in [6.07, 6.45) is 1.13. The smallest absolute Gasteiger partial charge is 0.0634 e. The van der Waals surface area contributed by atoms with E-state index in [2.05, 4.69) is 24.0 Å². The zero-order valence-electron chi connectivity index (χ0n) is 9.62. The maximum Gasteiger partial charge on any atom is 0.0634 e. The van der Waals surface area contributed by atoms with Gasteiger partial charge in [-0.05, 0) is 18.6 Å².